The number of hydrogen-bond acceptors (Lipinski definition) is 3. The first-order chi connectivity index (χ1) is 13.9. The van der Waals surface area contributed by atoms with Crippen molar-refractivity contribution in [3.8, 4) is 11.3 Å². The molecule has 1 fully saturated rings. The molecule has 1 aliphatic heterocycles. The smallest absolute Gasteiger partial charge is 0.272 e. The summed E-state index contributed by atoms with van der Waals surface area (Å²) in [6.07, 6.45) is 0. The molecule has 0 bridgehead atoms. The zero-order chi connectivity index (χ0) is 20.5. The number of halogens is 1. The first kappa shape index (κ1) is 24.9. The summed E-state index contributed by atoms with van der Waals surface area (Å²) >= 11 is 0. The molecule has 3 aromatic rings. The summed E-state index contributed by atoms with van der Waals surface area (Å²) in [7, 11) is 5.84. The third-order valence-corrected chi connectivity index (χ3v) is 5.71. The summed E-state index contributed by atoms with van der Waals surface area (Å²) in [5.41, 5.74) is 3.39. The average molecular weight is 594 g/mol. The molecular formula is C24H28FN4ORe-. The fourth-order valence-corrected chi connectivity index (χ4v) is 4.09. The minimum Gasteiger partial charge on any atom is -0.358 e. The second-order valence-corrected chi connectivity index (χ2v) is 7.80. The van der Waals surface area contributed by atoms with E-state index in [-0.39, 0.29) is 51.5 Å². The maximum absolute atomic E-state index is 13.4. The van der Waals surface area contributed by atoms with Crippen LogP contribution in [0.4, 0.5) is 4.39 Å². The zero-order valence-electron chi connectivity index (χ0n) is 18.3. The van der Waals surface area contributed by atoms with E-state index in [4.69, 9.17) is 0 Å². The number of benzene rings is 2. The van der Waals surface area contributed by atoms with Crippen LogP contribution < -0.4 is 0 Å². The van der Waals surface area contributed by atoms with Gasteiger partial charge in [-0.05, 0) is 37.9 Å². The molecule has 1 aliphatic rings. The Balaban J connectivity index is 0.00000171. The van der Waals surface area contributed by atoms with Gasteiger partial charge in [-0.1, -0.05) is 42.5 Å². The van der Waals surface area contributed by atoms with Gasteiger partial charge in [0, 0.05) is 58.1 Å². The van der Waals surface area contributed by atoms with Crippen molar-refractivity contribution in [3.63, 3.8) is 0 Å². The summed E-state index contributed by atoms with van der Waals surface area (Å²) in [6, 6.07) is 18.5. The number of carbonyl (C=O) groups excluding carboxylic acids is 1. The Kier molecular flexibility index (Phi) is 8.30. The molecular weight excluding hydrogens is 565 g/mol. The normalized spacial score (nSPS) is 17.9. The van der Waals surface area contributed by atoms with Gasteiger partial charge in [-0.15, -0.1) is 0 Å². The summed E-state index contributed by atoms with van der Waals surface area (Å²) in [6.45, 7) is 1.22. The molecule has 0 saturated carbocycles. The second-order valence-electron chi connectivity index (χ2n) is 7.80. The molecule has 5 nitrogen and oxygen atoms in total. The number of rotatable bonds is 4. The van der Waals surface area contributed by atoms with Gasteiger partial charge in [0.25, 0.3) is 5.91 Å². The number of likely N-dealkylation sites (tertiary alicyclic amines) is 1. The number of carbonyl (C=O) groups is 1. The monoisotopic (exact) mass is 594 g/mol. The van der Waals surface area contributed by atoms with Gasteiger partial charge in [0.05, 0.1) is 5.69 Å². The topological polar surface area (TPSA) is 41.4 Å². The molecule has 31 heavy (non-hydrogen) atoms. The van der Waals surface area contributed by atoms with Crippen molar-refractivity contribution in [2.24, 2.45) is 7.05 Å². The van der Waals surface area contributed by atoms with Crippen LogP contribution >= 0.6 is 0 Å². The van der Waals surface area contributed by atoms with Gasteiger partial charge in [-0.3, -0.25) is 9.48 Å². The van der Waals surface area contributed by atoms with Crippen LogP contribution in [0.15, 0.2) is 60.7 Å². The van der Waals surface area contributed by atoms with Crippen LogP contribution in [-0.4, -0.2) is 58.7 Å². The number of aryl methyl sites for hydroxylation is 1. The van der Waals surface area contributed by atoms with Crippen molar-refractivity contribution in [1.82, 2.24) is 19.6 Å². The van der Waals surface area contributed by atoms with E-state index in [0.29, 0.717) is 18.8 Å². The fourth-order valence-electron chi connectivity index (χ4n) is 4.09. The summed E-state index contributed by atoms with van der Waals surface area (Å²) < 4.78 is 15.0. The van der Waals surface area contributed by atoms with Gasteiger partial charge < -0.3 is 17.2 Å². The van der Waals surface area contributed by atoms with E-state index in [1.165, 1.54) is 12.1 Å². The Morgan fingerprint density at radius 1 is 1.06 bits per heavy atom. The summed E-state index contributed by atoms with van der Waals surface area (Å²) in [5, 5.41) is 4.53. The van der Waals surface area contributed by atoms with Crippen molar-refractivity contribution in [3.05, 3.63) is 85.2 Å². The van der Waals surface area contributed by atoms with Gasteiger partial charge >= 0.3 is 0 Å². The van der Waals surface area contributed by atoms with Gasteiger partial charge in [-0.2, -0.15) is 5.10 Å². The summed E-state index contributed by atoms with van der Waals surface area (Å²) in [5.74, 6) is -0.139. The third-order valence-electron chi connectivity index (χ3n) is 5.71. The Morgan fingerprint density at radius 3 is 2.32 bits per heavy atom. The van der Waals surface area contributed by atoms with Gasteiger partial charge in [0.1, 0.15) is 11.5 Å². The number of nitrogens with zero attached hydrogens (tertiary/aromatic N) is 4. The van der Waals surface area contributed by atoms with Crippen LogP contribution in [0.1, 0.15) is 22.0 Å². The zero-order valence-corrected chi connectivity index (χ0v) is 21.0. The van der Waals surface area contributed by atoms with E-state index in [1.807, 2.05) is 67.5 Å². The van der Waals surface area contributed by atoms with E-state index in [2.05, 4.69) is 10.00 Å². The molecule has 0 aliphatic carbocycles. The standard InChI is InChI=1S/C23H25FN4O.CH3.Re/c1-26(2)22-15-28(14-19(22)16-9-11-18(24)12-10-16)23(29)21-13-20(25-27(21)3)17-7-5-4-6-8-17;;/h4-13,19,22H,14-15H2,1-3H3;1H3;/q;-1;. The van der Waals surface area contributed by atoms with Crippen molar-refractivity contribution < 1.29 is 29.6 Å². The van der Waals surface area contributed by atoms with E-state index in [0.717, 1.165) is 16.8 Å². The van der Waals surface area contributed by atoms with Gasteiger partial charge in [-0.25, -0.2) is 4.39 Å². The predicted molar refractivity (Wildman–Crippen MR) is 118 cm³/mol. The van der Waals surface area contributed by atoms with Crippen molar-refractivity contribution in [1.29, 1.82) is 0 Å². The van der Waals surface area contributed by atoms with Crippen LogP contribution in [0.25, 0.3) is 11.3 Å². The SMILES string of the molecule is CN(C)C1CN(C(=O)c2cc(-c3ccccc3)nn2C)CC1c1ccc(F)cc1.[CH3-].[Re]. The van der Waals surface area contributed by atoms with Crippen LogP contribution in [0.5, 0.6) is 0 Å². The van der Waals surface area contributed by atoms with Crippen molar-refractivity contribution >= 4 is 5.91 Å². The van der Waals surface area contributed by atoms with Crippen LogP contribution in [0.2, 0.25) is 0 Å². The number of hydrogen-bond donors (Lipinski definition) is 0. The number of amides is 1. The molecule has 2 unspecified atom stereocenters. The fraction of sp³-hybridized carbons (Fsp3) is 0.292. The second kappa shape index (κ2) is 10.3. The Bertz CT molecular complexity index is 1000. The molecule has 0 N–H and O–H groups in total. The molecule has 7 heteroatoms. The maximum Gasteiger partial charge on any atom is 0.272 e. The van der Waals surface area contributed by atoms with Crippen LogP contribution in [0, 0.1) is 13.2 Å². The quantitative estimate of drug-likeness (QED) is 0.432. The van der Waals surface area contributed by atoms with Gasteiger partial charge in [0.2, 0.25) is 0 Å². The average Bonchev–Trinajstić information content (AvgIpc) is 3.33. The molecule has 1 amide bonds. The predicted octanol–water partition coefficient (Wildman–Crippen LogP) is 3.84. The molecule has 1 radical (unpaired) electrons. The van der Waals surface area contributed by atoms with Crippen LogP contribution in [-0.2, 0) is 27.5 Å². The van der Waals surface area contributed by atoms with Crippen LogP contribution in [0.3, 0.4) is 0 Å². The third kappa shape index (κ3) is 5.12. The Morgan fingerprint density at radius 2 is 1.71 bits per heavy atom. The largest absolute Gasteiger partial charge is 0.358 e. The molecule has 2 aromatic carbocycles. The van der Waals surface area contributed by atoms with Gasteiger partial charge in [0.15, 0.2) is 0 Å². The number of likely N-dealkylation sites (N-methyl/N-ethyl adjacent to an activating group) is 1. The molecule has 2 atom stereocenters. The van der Waals surface area contributed by atoms with E-state index < -0.39 is 0 Å². The van der Waals surface area contributed by atoms with E-state index >= 15 is 0 Å². The van der Waals surface area contributed by atoms with Crippen molar-refractivity contribution in [2.45, 2.75) is 12.0 Å². The Labute approximate surface area is 197 Å². The minimum absolute atomic E-state index is 0. The minimum atomic E-state index is -0.246. The first-order valence-corrected chi connectivity index (χ1v) is 9.74. The molecule has 165 valence electrons. The maximum atomic E-state index is 13.4. The molecule has 1 aromatic heterocycles. The van der Waals surface area contributed by atoms with E-state index in [9.17, 15) is 9.18 Å². The molecule has 2 heterocycles. The molecule has 1 saturated heterocycles. The Hall–Kier alpha value is -2.33. The molecule has 4 rings (SSSR count). The van der Waals surface area contributed by atoms with Crippen molar-refractivity contribution in [2.75, 3.05) is 27.2 Å². The molecule has 0 spiro atoms. The van der Waals surface area contributed by atoms with E-state index in [1.54, 1.807) is 11.7 Å². The number of aromatic nitrogens is 2. The first-order valence-electron chi connectivity index (χ1n) is 9.74. The summed E-state index contributed by atoms with van der Waals surface area (Å²) in [4.78, 5) is 17.3.